The van der Waals surface area contributed by atoms with Gasteiger partial charge in [-0.05, 0) is 35.4 Å². The predicted molar refractivity (Wildman–Crippen MR) is 106 cm³/mol. The molecule has 0 bridgehead atoms. The summed E-state index contributed by atoms with van der Waals surface area (Å²) in [5.74, 6) is 7.09. The average molecular weight is 336 g/mol. The maximum atomic E-state index is 3.52. The van der Waals surface area contributed by atoms with Crippen LogP contribution in [0.4, 0.5) is 0 Å². The molecule has 126 valence electrons. The van der Waals surface area contributed by atoms with E-state index < -0.39 is 0 Å². The summed E-state index contributed by atoms with van der Waals surface area (Å²) in [7, 11) is 0. The van der Waals surface area contributed by atoms with Gasteiger partial charge in [0.1, 0.15) is 0 Å². The molecule has 2 heteroatoms. The maximum absolute atomic E-state index is 3.52. The molecule has 0 amide bonds. The van der Waals surface area contributed by atoms with E-state index >= 15 is 0 Å². The third kappa shape index (κ3) is 3.48. The lowest BCUT2D eigenvalue weighted by Crippen LogP contribution is -2.02. The molecule has 2 atom stereocenters. The SMILES string of the molecule is C(#C[C@H](c1ccccc1)c1ccc[nH]1)[C@H](c1ccccc1)c1ccc[nH]1. The molecule has 0 aliphatic rings. The minimum absolute atomic E-state index is 0.0207. The highest BCUT2D eigenvalue weighted by Crippen LogP contribution is 2.26. The van der Waals surface area contributed by atoms with Gasteiger partial charge in [-0.2, -0.15) is 0 Å². The van der Waals surface area contributed by atoms with E-state index in [4.69, 9.17) is 0 Å². The van der Waals surface area contributed by atoms with Crippen LogP contribution < -0.4 is 0 Å². The molecule has 0 saturated heterocycles. The predicted octanol–water partition coefficient (Wildman–Crippen LogP) is 5.31. The molecule has 0 aliphatic heterocycles. The van der Waals surface area contributed by atoms with E-state index in [2.05, 4.69) is 82.5 Å². The van der Waals surface area contributed by atoms with Gasteiger partial charge < -0.3 is 9.97 Å². The van der Waals surface area contributed by atoms with Gasteiger partial charge in [0.05, 0.1) is 11.8 Å². The molecule has 2 nitrogen and oxygen atoms in total. The molecule has 26 heavy (non-hydrogen) atoms. The van der Waals surface area contributed by atoms with Gasteiger partial charge in [0, 0.05) is 23.8 Å². The Hall–Kier alpha value is -3.44. The Balaban J connectivity index is 1.76. The monoisotopic (exact) mass is 336 g/mol. The van der Waals surface area contributed by atoms with Crippen molar-refractivity contribution in [1.29, 1.82) is 0 Å². The van der Waals surface area contributed by atoms with Crippen LogP contribution in [0, 0.1) is 11.8 Å². The summed E-state index contributed by atoms with van der Waals surface area (Å²) in [5.41, 5.74) is 4.62. The van der Waals surface area contributed by atoms with Crippen molar-refractivity contribution in [3.05, 3.63) is 120 Å². The smallest absolute Gasteiger partial charge is 0.0852 e. The van der Waals surface area contributed by atoms with E-state index in [0.717, 1.165) is 11.4 Å². The van der Waals surface area contributed by atoms with Crippen molar-refractivity contribution in [2.45, 2.75) is 11.8 Å². The van der Waals surface area contributed by atoms with Gasteiger partial charge >= 0.3 is 0 Å². The second-order valence-electron chi connectivity index (χ2n) is 6.23. The first-order chi connectivity index (χ1) is 12.9. The largest absolute Gasteiger partial charge is 0.364 e. The van der Waals surface area contributed by atoms with Crippen LogP contribution in [0.25, 0.3) is 0 Å². The van der Waals surface area contributed by atoms with Crippen molar-refractivity contribution in [1.82, 2.24) is 9.97 Å². The summed E-state index contributed by atoms with van der Waals surface area (Å²) in [6, 6.07) is 29.1. The summed E-state index contributed by atoms with van der Waals surface area (Å²) in [5, 5.41) is 0. The molecule has 4 aromatic rings. The van der Waals surface area contributed by atoms with Crippen molar-refractivity contribution >= 4 is 0 Å². The molecular formula is C24H20N2. The fraction of sp³-hybridized carbons (Fsp3) is 0.0833. The van der Waals surface area contributed by atoms with Gasteiger partial charge in [-0.3, -0.25) is 0 Å². The Morgan fingerprint density at radius 1 is 0.500 bits per heavy atom. The molecule has 2 N–H and O–H groups in total. The minimum Gasteiger partial charge on any atom is -0.364 e. The first-order valence-electron chi connectivity index (χ1n) is 8.79. The zero-order valence-electron chi connectivity index (χ0n) is 14.4. The number of nitrogens with one attached hydrogen (secondary N) is 2. The van der Waals surface area contributed by atoms with Crippen LogP contribution in [-0.4, -0.2) is 9.97 Å². The van der Waals surface area contributed by atoms with Crippen LogP contribution in [0.5, 0.6) is 0 Å². The lowest BCUT2D eigenvalue weighted by molar-refractivity contribution is 0.975. The topological polar surface area (TPSA) is 31.6 Å². The van der Waals surface area contributed by atoms with E-state index in [1.807, 2.05) is 36.7 Å². The molecule has 0 aliphatic carbocycles. The second kappa shape index (κ2) is 7.63. The lowest BCUT2D eigenvalue weighted by atomic mass is 9.92. The Morgan fingerprint density at radius 2 is 0.923 bits per heavy atom. The number of benzene rings is 2. The number of aromatic amines is 2. The fourth-order valence-corrected chi connectivity index (χ4v) is 3.19. The maximum Gasteiger partial charge on any atom is 0.0852 e. The highest BCUT2D eigenvalue weighted by Gasteiger charge is 2.15. The second-order valence-corrected chi connectivity index (χ2v) is 6.23. The summed E-state index contributed by atoms with van der Waals surface area (Å²) in [4.78, 5) is 6.65. The molecule has 0 unspecified atom stereocenters. The summed E-state index contributed by atoms with van der Waals surface area (Å²) in [6.07, 6.45) is 3.90. The Morgan fingerprint density at radius 3 is 1.27 bits per heavy atom. The highest BCUT2D eigenvalue weighted by molar-refractivity contribution is 5.42. The van der Waals surface area contributed by atoms with E-state index in [-0.39, 0.29) is 11.8 Å². The summed E-state index contributed by atoms with van der Waals surface area (Å²) < 4.78 is 0. The average Bonchev–Trinajstić information content (AvgIpc) is 3.41. The fourth-order valence-electron chi connectivity index (χ4n) is 3.19. The van der Waals surface area contributed by atoms with Crippen molar-refractivity contribution in [2.75, 3.05) is 0 Å². The van der Waals surface area contributed by atoms with Crippen LogP contribution in [0.1, 0.15) is 34.4 Å². The van der Waals surface area contributed by atoms with Crippen molar-refractivity contribution in [3.8, 4) is 11.8 Å². The molecule has 2 aromatic carbocycles. The number of hydrogen-bond donors (Lipinski definition) is 2. The van der Waals surface area contributed by atoms with Gasteiger partial charge in [-0.25, -0.2) is 0 Å². The van der Waals surface area contributed by atoms with Crippen LogP contribution in [0.15, 0.2) is 97.3 Å². The molecule has 4 rings (SSSR count). The zero-order valence-corrected chi connectivity index (χ0v) is 14.4. The Labute approximate surface area is 153 Å². The van der Waals surface area contributed by atoms with Crippen molar-refractivity contribution < 1.29 is 0 Å². The van der Waals surface area contributed by atoms with Gasteiger partial charge in [0.15, 0.2) is 0 Å². The van der Waals surface area contributed by atoms with Crippen LogP contribution in [0.2, 0.25) is 0 Å². The Kier molecular flexibility index (Phi) is 4.71. The number of hydrogen-bond acceptors (Lipinski definition) is 0. The van der Waals surface area contributed by atoms with Crippen molar-refractivity contribution in [2.24, 2.45) is 0 Å². The van der Waals surface area contributed by atoms with Crippen LogP contribution >= 0.6 is 0 Å². The third-order valence-corrected chi connectivity index (χ3v) is 4.50. The van der Waals surface area contributed by atoms with E-state index in [0.29, 0.717) is 0 Å². The molecule has 0 saturated carbocycles. The molecule has 0 spiro atoms. The zero-order chi connectivity index (χ0) is 17.6. The number of aromatic nitrogens is 2. The Bertz CT molecular complexity index is 891. The van der Waals surface area contributed by atoms with E-state index in [1.165, 1.54) is 11.1 Å². The van der Waals surface area contributed by atoms with E-state index in [1.54, 1.807) is 0 Å². The van der Waals surface area contributed by atoms with Gasteiger partial charge in [-0.15, -0.1) is 0 Å². The van der Waals surface area contributed by atoms with Crippen LogP contribution in [-0.2, 0) is 0 Å². The van der Waals surface area contributed by atoms with Crippen molar-refractivity contribution in [3.63, 3.8) is 0 Å². The van der Waals surface area contributed by atoms with Gasteiger partial charge in [-0.1, -0.05) is 72.5 Å². The van der Waals surface area contributed by atoms with Crippen LogP contribution in [0.3, 0.4) is 0 Å². The first kappa shape index (κ1) is 16.1. The molecule has 0 fully saturated rings. The molecule has 2 heterocycles. The molecular weight excluding hydrogens is 316 g/mol. The third-order valence-electron chi connectivity index (χ3n) is 4.50. The van der Waals surface area contributed by atoms with E-state index in [9.17, 15) is 0 Å². The highest BCUT2D eigenvalue weighted by atomic mass is 14.7. The number of H-pyrrole nitrogens is 2. The quantitative estimate of drug-likeness (QED) is 0.473. The molecule has 0 radical (unpaired) electrons. The first-order valence-corrected chi connectivity index (χ1v) is 8.79. The minimum atomic E-state index is 0.0207. The summed E-state index contributed by atoms with van der Waals surface area (Å²) >= 11 is 0. The van der Waals surface area contributed by atoms with Gasteiger partial charge in [0.25, 0.3) is 0 Å². The molecule has 2 aromatic heterocycles. The summed E-state index contributed by atoms with van der Waals surface area (Å²) in [6.45, 7) is 0. The number of rotatable bonds is 4. The lowest BCUT2D eigenvalue weighted by Gasteiger charge is -2.12. The standard InChI is InChI=1S/C24H20N2/c1-3-9-19(10-4-1)21(23-13-7-17-25-23)15-16-22(24-14-8-18-26-24)20-11-5-2-6-12-20/h1-14,17-18,21-22,25-26H/t21-,22-/m1/s1. The normalized spacial score (nSPS) is 12.8. The van der Waals surface area contributed by atoms with Gasteiger partial charge in [0.2, 0.25) is 0 Å².